The van der Waals surface area contributed by atoms with E-state index in [4.69, 9.17) is 4.74 Å². The number of carbonyl (C=O) groups excluding carboxylic acids is 1. The average Bonchev–Trinajstić information content (AvgIpc) is 2.69. The molecule has 0 spiro atoms. The summed E-state index contributed by atoms with van der Waals surface area (Å²) in [6.07, 6.45) is 0. The van der Waals surface area contributed by atoms with Crippen molar-refractivity contribution < 1.29 is 17.9 Å². The topological polar surface area (TPSA) is 82.2 Å². The van der Waals surface area contributed by atoms with Crippen LogP contribution in [0.1, 0.15) is 6.92 Å². The fraction of sp³-hybridized carbons (Fsp3) is 0.611. The van der Waals surface area contributed by atoms with E-state index >= 15 is 0 Å². The molecule has 3 rings (SSSR count). The molecule has 8 nitrogen and oxygen atoms in total. The predicted octanol–water partition coefficient (Wildman–Crippen LogP) is 0.282. The van der Waals surface area contributed by atoms with E-state index in [0.717, 1.165) is 26.2 Å². The van der Waals surface area contributed by atoms with Gasteiger partial charge in [-0.2, -0.15) is 4.31 Å². The van der Waals surface area contributed by atoms with Gasteiger partial charge in [-0.1, -0.05) is 6.07 Å². The first kappa shape index (κ1) is 20.2. The van der Waals surface area contributed by atoms with Crippen molar-refractivity contribution in [2.24, 2.45) is 0 Å². The first-order valence-corrected chi connectivity index (χ1v) is 10.7. The zero-order chi connectivity index (χ0) is 19.4. The smallest absolute Gasteiger partial charge is 0.243 e. The van der Waals surface area contributed by atoms with Crippen molar-refractivity contribution in [2.75, 3.05) is 64.8 Å². The van der Waals surface area contributed by atoms with Crippen molar-refractivity contribution >= 4 is 21.6 Å². The quantitative estimate of drug-likeness (QED) is 0.770. The molecule has 0 bridgehead atoms. The largest absolute Gasteiger partial charge is 0.379 e. The zero-order valence-electron chi connectivity index (χ0n) is 15.9. The van der Waals surface area contributed by atoms with E-state index in [2.05, 4.69) is 22.2 Å². The minimum atomic E-state index is -3.58. The van der Waals surface area contributed by atoms with E-state index in [0.29, 0.717) is 32.0 Å². The fourth-order valence-corrected chi connectivity index (χ4v) is 4.75. The number of rotatable bonds is 5. The second-order valence-electron chi connectivity index (χ2n) is 7.05. The number of nitrogens with one attached hydrogen (secondary N) is 1. The molecular weight excluding hydrogens is 368 g/mol. The lowest BCUT2D eigenvalue weighted by molar-refractivity contribution is -0.121. The van der Waals surface area contributed by atoms with Crippen molar-refractivity contribution in [3.63, 3.8) is 0 Å². The molecule has 2 heterocycles. The number of piperazine rings is 1. The van der Waals surface area contributed by atoms with Gasteiger partial charge in [0.15, 0.2) is 0 Å². The Bertz CT molecular complexity index is 756. The van der Waals surface area contributed by atoms with Crippen molar-refractivity contribution in [3.8, 4) is 0 Å². The summed E-state index contributed by atoms with van der Waals surface area (Å²) in [6.45, 7) is 6.94. The van der Waals surface area contributed by atoms with Crippen LogP contribution in [-0.2, 0) is 19.6 Å². The summed E-state index contributed by atoms with van der Waals surface area (Å²) < 4.78 is 32.2. The van der Waals surface area contributed by atoms with E-state index < -0.39 is 10.0 Å². The second-order valence-corrected chi connectivity index (χ2v) is 8.99. The molecule has 2 aliphatic rings. The molecule has 2 fully saturated rings. The van der Waals surface area contributed by atoms with Gasteiger partial charge in [0, 0.05) is 45.0 Å². The van der Waals surface area contributed by atoms with E-state index in [1.54, 1.807) is 18.2 Å². The summed E-state index contributed by atoms with van der Waals surface area (Å²) in [5, 5.41) is 2.86. The third-order valence-corrected chi connectivity index (χ3v) is 7.07. The number of nitrogens with zero attached hydrogens (tertiary/aromatic N) is 3. The highest BCUT2D eigenvalue weighted by Gasteiger charge is 2.27. The molecule has 0 saturated carbocycles. The van der Waals surface area contributed by atoms with E-state index in [-0.39, 0.29) is 16.8 Å². The molecule has 150 valence electrons. The van der Waals surface area contributed by atoms with Crippen molar-refractivity contribution in [1.29, 1.82) is 0 Å². The number of ether oxygens (including phenoxy) is 1. The molecule has 1 amide bonds. The van der Waals surface area contributed by atoms with E-state index in [1.807, 2.05) is 6.92 Å². The van der Waals surface area contributed by atoms with Gasteiger partial charge in [-0.15, -0.1) is 0 Å². The normalized spacial score (nSPS) is 21.7. The third-order valence-electron chi connectivity index (χ3n) is 5.17. The first-order valence-electron chi connectivity index (χ1n) is 9.29. The van der Waals surface area contributed by atoms with Crippen LogP contribution in [0.4, 0.5) is 5.69 Å². The molecule has 1 atom stereocenters. The Morgan fingerprint density at radius 2 is 1.78 bits per heavy atom. The second kappa shape index (κ2) is 8.66. The third kappa shape index (κ3) is 4.85. The molecule has 27 heavy (non-hydrogen) atoms. The Hall–Kier alpha value is -1.52. The highest BCUT2D eigenvalue weighted by Crippen LogP contribution is 2.21. The molecule has 2 saturated heterocycles. The van der Waals surface area contributed by atoms with Crippen LogP contribution in [0.3, 0.4) is 0 Å². The predicted molar refractivity (Wildman–Crippen MR) is 103 cm³/mol. The molecule has 9 heteroatoms. The van der Waals surface area contributed by atoms with Crippen LogP contribution in [-0.4, -0.2) is 94.0 Å². The van der Waals surface area contributed by atoms with Crippen LogP contribution < -0.4 is 5.32 Å². The minimum absolute atomic E-state index is 0.125. The van der Waals surface area contributed by atoms with Gasteiger partial charge in [0.05, 0.1) is 24.2 Å². The van der Waals surface area contributed by atoms with Crippen molar-refractivity contribution in [3.05, 3.63) is 24.3 Å². The van der Waals surface area contributed by atoms with Crippen molar-refractivity contribution in [2.45, 2.75) is 17.9 Å². The summed E-state index contributed by atoms with van der Waals surface area (Å²) in [6, 6.07) is 6.19. The van der Waals surface area contributed by atoms with Gasteiger partial charge >= 0.3 is 0 Å². The minimum Gasteiger partial charge on any atom is -0.379 e. The maximum absolute atomic E-state index is 12.8. The monoisotopic (exact) mass is 396 g/mol. The molecule has 0 unspecified atom stereocenters. The molecule has 1 aromatic rings. The molecule has 1 N–H and O–H groups in total. The van der Waals surface area contributed by atoms with Crippen LogP contribution in [0.2, 0.25) is 0 Å². The number of likely N-dealkylation sites (N-methyl/N-ethyl adjacent to an activating group) is 1. The molecule has 0 aromatic heterocycles. The van der Waals surface area contributed by atoms with E-state index in [9.17, 15) is 13.2 Å². The molecular formula is C18H28N4O4S. The lowest BCUT2D eigenvalue weighted by Gasteiger charge is -2.35. The summed E-state index contributed by atoms with van der Waals surface area (Å²) in [5.74, 6) is -0.125. The fourth-order valence-electron chi connectivity index (χ4n) is 3.29. The molecule has 0 radical (unpaired) electrons. The number of hydrogen-bond donors (Lipinski definition) is 1. The van der Waals surface area contributed by atoms with Crippen LogP contribution >= 0.6 is 0 Å². The summed E-state index contributed by atoms with van der Waals surface area (Å²) in [5.41, 5.74) is 0.496. The molecule has 2 aliphatic heterocycles. The number of carbonyl (C=O) groups is 1. The Balaban J connectivity index is 1.67. The van der Waals surface area contributed by atoms with Crippen molar-refractivity contribution in [1.82, 2.24) is 14.1 Å². The lowest BCUT2D eigenvalue weighted by Crippen LogP contribution is -2.51. The van der Waals surface area contributed by atoms with Gasteiger partial charge < -0.3 is 15.0 Å². The highest BCUT2D eigenvalue weighted by molar-refractivity contribution is 7.89. The lowest BCUT2D eigenvalue weighted by atomic mass is 10.2. The average molecular weight is 397 g/mol. The maximum atomic E-state index is 12.8. The van der Waals surface area contributed by atoms with Gasteiger partial charge in [-0.05, 0) is 32.2 Å². The zero-order valence-corrected chi connectivity index (χ0v) is 16.7. The molecule has 0 aliphatic carbocycles. The number of amides is 1. The Kier molecular flexibility index (Phi) is 6.48. The van der Waals surface area contributed by atoms with E-state index in [1.165, 1.54) is 10.4 Å². The summed E-state index contributed by atoms with van der Waals surface area (Å²) in [4.78, 5) is 17.2. The standard InChI is InChI=1S/C18H28N4O4S/c1-15(21-8-6-20(2)7-9-21)18(23)19-16-4-3-5-17(14-16)27(24,25)22-10-12-26-13-11-22/h3-5,14-15H,6-13H2,1-2H3,(H,19,23)/t15-/m0/s1. The summed E-state index contributed by atoms with van der Waals surface area (Å²) in [7, 11) is -1.51. The number of benzene rings is 1. The van der Waals surface area contributed by atoms with Gasteiger partial charge in [0.1, 0.15) is 0 Å². The van der Waals surface area contributed by atoms with Crippen LogP contribution in [0, 0.1) is 0 Å². The summed E-state index contributed by atoms with van der Waals surface area (Å²) >= 11 is 0. The SMILES string of the molecule is C[C@@H](C(=O)Nc1cccc(S(=O)(=O)N2CCOCC2)c1)N1CCN(C)CC1. The van der Waals surface area contributed by atoms with Gasteiger partial charge in [-0.25, -0.2) is 8.42 Å². The van der Waals surface area contributed by atoms with Crippen LogP contribution in [0.5, 0.6) is 0 Å². The number of sulfonamides is 1. The number of anilines is 1. The number of morpholine rings is 1. The van der Waals surface area contributed by atoms with Gasteiger partial charge in [0.2, 0.25) is 15.9 Å². The number of hydrogen-bond acceptors (Lipinski definition) is 6. The Labute approximate surface area is 161 Å². The maximum Gasteiger partial charge on any atom is 0.243 e. The Morgan fingerprint density at radius 1 is 1.11 bits per heavy atom. The first-order chi connectivity index (χ1) is 12.9. The van der Waals surface area contributed by atoms with Gasteiger partial charge in [0.25, 0.3) is 0 Å². The highest BCUT2D eigenvalue weighted by atomic mass is 32.2. The Morgan fingerprint density at radius 3 is 2.44 bits per heavy atom. The van der Waals surface area contributed by atoms with Gasteiger partial charge in [-0.3, -0.25) is 9.69 Å². The molecule has 1 aromatic carbocycles. The van der Waals surface area contributed by atoms with Crippen LogP contribution in [0.15, 0.2) is 29.2 Å². The van der Waals surface area contributed by atoms with Crippen LogP contribution in [0.25, 0.3) is 0 Å².